The molecule has 2 aliphatic rings. The van der Waals surface area contributed by atoms with Crippen LogP contribution in [0.3, 0.4) is 0 Å². The van der Waals surface area contributed by atoms with E-state index < -0.39 is 29.2 Å². The molecule has 2 atom stereocenters. The van der Waals surface area contributed by atoms with Crippen molar-refractivity contribution in [3.05, 3.63) is 34.5 Å². The van der Waals surface area contributed by atoms with Crippen molar-refractivity contribution in [1.82, 2.24) is 15.2 Å². The fourth-order valence-electron chi connectivity index (χ4n) is 2.93. The molecule has 1 aromatic rings. The standard InChI is InChI=1S/C17H19N5O5S2/c1-3-4-5-8-6-28-15-11(14(24)22(15)12(8)16(25)26)20-13(23)10(21-27-2)9-7-29-17(18)19-9/h4-5,7,11,15H,3,6H2,1-2H3,(H2,18,19)(H,20,23)(H,25,26)/b5-4-,21-10-/t11?,15-/m0/s1. The second kappa shape index (κ2) is 8.66. The number of nitrogens with zero attached hydrogens (tertiary/aromatic N) is 3. The van der Waals surface area contributed by atoms with Gasteiger partial charge in [-0.05, 0) is 12.0 Å². The zero-order valence-corrected chi connectivity index (χ0v) is 17.2. The Labute approximate surface area is 174 Å². The molecule has 0 aromatic carbocycles. The Bertz CT molecular complexity index is 938. The summed E-state index contributed by atoms with van der Waals surface area (Å²) in [5.41, 5.74) is 6.23. The third-order valence-electron chi connectivity index (χ3n) is 4.20. The predicted octanol–water partition coefficient (Wildman–Crippen LogP) is 0.781. The number of thiazole rings is 1. The van der Waals surface area contributed by atoms with Gasteiger partial charge in [0, 0.05) is 11.1 Å². The first kappa shape index (κ1) is 20.9. The van der Waals surface area contributed by atoms with Crippen LogP contribution in [-0.4, -0.2) is 62.8 Å². The lowest BCUT2D eigenvalue weighted by Crippen LogP contribution is -2.71. The summed E-state index contributed by atoms with van der Waals surface area (Å²) in [7, 11) is 1.28. The molecule has 1 unspecified atom stereocenters. The highest BCUT2D eigenvalue weighted by Crippen LogP contribution is 2.40. The number of carboxylic acids is 1. The molecule has 3 rings (SSSR count). The largest absolute Gasteiger partial charge is 0.477 e. The quantitative estimate of drug-likeness (QED) is 0.322. The first-order valence-corrected chi connectivity index (χ1v) is 10.5. The SMILES string of the molecule is CC/C=C\C1=C(C(=O)O)N2C(=O)C(NC(=O)/C(=N\OC)c3csc(N)n3)[C@@H]2SC1. The molecule has 29 heavy (non-hydrogen) atoms. The van der Waals surface area contributed by atoms with E-state index in [2.05, 4.69) is 15.5 Å². The zero-order chi connectivity index (χ0) is 21.1. The minimum Gasteiger partial charge on any atom is -0.477 e. The number of amides is 2. The lowest BCUT2D eigenvalue weighted by molar-refractivity contribution is -0.150. The van der Waals surface area contributed by atoms with E-state index in [9.17, 15) is 19.5 Å². The summed E-state index contributed by atoms with van der Waals surface area (Å²) in [4.78, 5) is 47.0. The summed E-state index contributed by atoms with van der Waals surface area (Å²) >= 11 is 2.52. The average molecular weight is 438 g/mol. The van der Waals surface area contributed by atoms with Crippen molar-refractivity contribution in [2.75, 3.05) is 18.6 Å². The highest BCUT2D eigenvalue weighted by atomic mass is 32.2. The number of anilines is 1. The number of aromatic nitrogens is 1. The summed E-state index contributed by atoms with van der Waals surface area (Å²) < 4.78 is 0. The number of thioether (sulfide) groups is 1. The highest BCUT2D eigenvalue weighted by Gasteiger charge is 2.54. The minimum atomic E-state index is -1.18. The molecule has 1 saturated heterocycles. The van der Waals surface area contributed by atoms with Gasteiger partial charge in [-0.25, -0.2) is 9.78 Å². The number of fused-ring (bicyclic) bond motifs is 1. The van der Waals surface area contributed by atoms with Gasteiger partial charge < -0.3 is 21.0 Å². The molecule has 10 nitrogen and oxygen atoms in total. The highest BCUT2D eigenvalue weighted by molar-refractivity contribution is 8.00. The molecule has 1 fully saturated rings. The maximum atomic E-state index is 12.7. The van der Waals surface area contributed by atoms with Crippen LogP contribution in [0.25, 0.3) is 0 Å². The number of nitrogen functional groups attached to an aromatic ring is 1. The Morgan fingerprint density at radius 1 is 1.55 bits per heavy atom. The van der Waals surface area contributed by atoms with Crippen molar-refractivity contribution in [2.24, 2.45) is 5.16 Å². The van der Waals surface area contributed by atoms with Crippen molar-refractivity contribution in [2.45, 2.75) is 24.8 Å². The molecule has 2 aliphatic heterocycles. The number of carboxylic acid groups (broad SMARTS) is 1. The molecule has 1 aromatic heterocycles. The lowest BCUT2D eigenvalue weighted by atomic mass is 10.0. The molecule has 2 amide bonds. The van der Waals surface area contributed by atoms with Crippen LogP contribution in [0.2, 0.25) is 0 Å². The Morgan fingerprint density at radius 3 is 2.90 bits per heavy atom. The van der Waals surface area contributed by atoms with E-state index >= 15 is 0 Å². The van der Waals surface area contributed by atoms with E-state index in [4.69, 9.17) is 10.6 Å². The monoisotopic (exact) mass is 437 g/mol. The molecule has 0 saturated carbocycles. The first-order chi connectivity index (χ1) is 13.9. The summed E-state index contributed by atoms with van der Waals surface area (Å²) in [6.07, 6.45) is 4.32. The summed E-state index contributed by atoms with van der Waals surface area (Å²) in [6.45, 7) is 1.94. The Kier molecular flexibility index (Phi) is 6.23. The minimum absolute atomic E-state index is 0.0491. The second-order valence-electron chi connectivity index (χ2n) is 6.04. The third-order valence-corrected chi connectivity index (χ3v) is 6.18. The summed E-state index contributed by atoms with van der Waals surface area (Å²) in [5, 5.41) is 17.2. The number of oxime groups is 1. The number of nitrogens with two attached hydrogens (primary N) is 1. The van der Waals surface area contributed by atoms with E-state index in [-0.39, 0.29) is 22.2 Å². The zero-order valence-electron chi connectivity index (χ0n) is 15.6. The number of rotatable bonds is 7. The van der Waals surface area contributed by atoms with Crippen LogP contribution in [0.15, 0.2) is 34.0 Å². The van der Waals surface area contributed by atoms with Gasteiger partial charge in [-0.1, -0.05) is 24.2 Å². The van der Waals surface area contributed by atoms with Gasteiger partial charge in [0.1, 0.15) is 29.9 Å². The molecular formula is C17H19N5O5S2. The lowest BCUT2D eigenvalue weighted by Gasteiger charge is -2.49. The average Bonchev–Trinajstić information content (AvgIpc) is 3.13. The van der Waals surface area contributed by atoms with Crippen molar-refractivity contribution >= 4 is 51.7 Å². The third kappa shape index (κ3) is 3.98. The van der Waals surface area contributed by atoms with Crippen LogP contribution in [0.1, 0.15) is 19.0 Å². The molecule has 12 heteroatoms. The van der Waals surface area contributed by atoms with Gasteiger partial charge in [-0.3, -0.25) is 14.5 Å². The Morgan fingerprint density at radius 2 is 2.31 bits per heavy atom. The van der Waals surface area contributed by atoms with E-state index in [1.54, 1.807) is 11.5 Å². The van der Waals surface area contributed by atoms with Gasteiger partial charge in [-0.2, -0.15) is 0 Å². The van der Waals surface area contributed by atoms with Crippen LogP contribution in [0, 0.1) is 0 Å². The number of hydrogen-bond donors (Lipinski definition) is 3. The Hall–Kier alpha value is -2.86. The van der Waals surface area contributed by atoms with Crippen LogP contribution in [0.5, 0.6) is 0 Å². The molecule has 0 aliphatic carbocycles. The molecule has 154 valence electrons. The normalized spacial score (nSPS) is 21.8. The number of β-lactam (4-membered cyclic amide) rings is 1. The van der Waals surface area contributed by atoms with Gasteiger partial charge in [0.2, 0.25) is 0 Å². The van der Waals surface area contributed by atoms with Crippen molar-refractivity contribution in [1.29, 1.82) is 0 Å². The topological polar surface area (TPSA) is 147 Å². The van der Waals surface area contributed by atoms with Gasteiger partial charge in [0.05, 0.1) is 0 Å². The van der Waals surface area contributed by atoms with Gasteiger partial charge in [-0.15, -0.1) is 23.1 Å². The van der Waals surface area contributed by atoms with Crippen LogP contribution in [-0.2, 0) is 19.2 Å². The van der Waals surface area contributed by atoms with E-state index in [1.165, 1.54) is 23.8 Å². The van der Waals surface area contributed by atoms with Gasteiger partial charge in [0.15, 0.2) is 10.8 Å². The van der Waals surface area contributed by atoms with Gasteiger partial charge >= 0.3 is 5.97 Å². The Balaban J connectivity index is 1.80. The molecule has 0 radical (unpaired) electrons. The van der Waals surface area contributed by atoms with Crippen molar-refractivity contribution in [3.63, 3.8) is 0 Å². The van der Waals surface area contributed by atoms with Crippen LogP contribution < -0.4 is 11.1 Å². The number of hydrogen-bond acceptors (Lipinski definition) is 9. The molecule has 4 N–H and O–H groups in total. The smallest absolute Gasteiger partial charge is 0.352 e. The second-order valence-corrected chi connectivity index (χ2v) is 8.04. The van der Waals surface area contributed by atoms with Gasteiger partial charge in [0.25, 0.3) is 11.8 Å². The van der Waals surface area contributed by atoms with Crippen LogP contribution >= 0.6 is 23.1 Å². The fourth-order valence-corrected chi connectivity index (χ4v) is 4.80. The summed E-state index contributed by atoms with van der Waals surface area (Å²) in [6, 6.07) is -0.878. The number of allylic oxidation sites excluding steroid dienone is 2. The maximum Gasteiger partial charge on any atom is 0.352 e. The summed E-state index contributed by atoms with van der Waals surface area (Å²) in [5.74, 6) is -1.91. The number of nitrogens with one attached hydrogen (secondary N) is 1. The number of carbonyl (C=O) groups is 3. The van der Waals surface area contributed by atoms with Crippen molar-refractivity contribution in [3.8, 4) is 0 Å². The van der Waals surface area contributed by atoms with Crippen molar-refractivity contribution < 1.29 is 24.3 Å². The van der Waals surface area contributed by atoms with Crippen LogP contribution in [0.4, 0.5) is 5.13 Å². The molecule has 0 spiro atoms. The molecule has 3 heterocycles. The van der Waals surface area contributed by atoms with E-state index in [0.717, 1.165) is 17.8 Å². The molecule has 0 bridgehead atoms. The number of carbonyl (C=O) groups excluding carboxylic acids is 2. The van der Waals surface area contributed by atoms with E-state index in [1.807, 2.05) is 13.0 Å². The van der Waals surface area contributed by atoms with E-state index in [0.29, 0.717) is 11.3 Å². The first-order valence-electron chi connectivity index (χ1n) is 8.60. The molecular weight excluding hydrogens is 418 g/mol. The number of aliphatic carboxylic acids is 1. The maximum absolute atomic E-state index is 12.7. The fraction of sp³-hybridized carbons (Fsp3) is 0.353. The predicted molar refractivity (Wildman–Crippen MR) is 109 cm³/mol.